The molecule has 0 aliphatic rings. The predicted octanol–water partition coefficient (Wildman–Crippen LogP) is 3.72. The highest BCUT2D eigenvalue weighted by atomic mass is 79.9. The normalized spacial score (nSPS) is 12.6. The molecule has 19 heavy (non-hydrogen) atoms. The molecule has 0 saturated carbocycles. The smallest absolute Gasteiger partial charge is 0.0704 e. The number of nitrogens with one attached hydrogen (secondary N) is 1. The molecule has 5 heteroatoms. The lowest BCUT2D eigenvalue weighted by Crippen LogP contribution is -2.22. The number of halogens is 1. The Hall–Kier alpha value is -0.780. The molecule has 0 spiro atoms. The van der Waals surface area contributed by atoms with Crippen molar-refractivity contribution in [2.24, 2.45) is 0 Å². The summed E-state index contributed by atoms with van der Waals surface area (Å²) < 4.78 is 3.11. The second-order valence-electron chi connectivity index (χ2n) is 4.16. The van der Waals surface area contributed by atoms with Crippen LogP contribution in [0.2, 0.25) is 0 Å². The van der Waals surface area contributed by atoms with Crippen molar-refractivity contribution in [3.8, 4) is 0 Å². The van der Waals surface area contributed by atoms with Gasteiger partial charge in [0.25, 0.3) is 0 Å². The quantitative estimate of drug-likeness (QED) is 0.813. The van der Waals surface area contributed by atoms with Crippen LogP contribution in [0.3, 0.4) is 0 Å². The number of hydrogen-bond acceptors (Lipinski definition) is 3. The number of aryl methyl sites for hydroxylation is 1. The van der Waals surface area contributed by atoms with Crippen molar-refractivity contribution in [2.45, 2.75) is 24.4 Å². The summed E-state index contributed by atoms with van der Waals surface area (Å²) in [4.78, 5) is 1.29. The van der Waals surface area contributed by atoms with Crippen molar-refractivity contribution in [2.75, 3.05) is 12.8 Å². The van der Waals surface area contributed by atoms with Gasteiger partial charge >= 0.3 is 0 Å². The Morgan fingerprint density at radius 1 is 1.37 bits per heavy atom. The van der Waals surface area contributed by atoms with Crippen molar-refractivity contribution in [1.29, 1.82) is 0 Å². The van der Waals surface area contributed by atoms with Crippen LogP contribution in [-0.2, 0) is 6.54 Å². The van der Waals surface area contributed by atoms with Gasteiger partial charge in [0.2, 0.25) is 0 Å². The maximum atomic E-state index is 4.38. The molecule has 0 aliphatic carbocycles. The Bertz CT molecular complexity index is 513. The van der Waals surface area contributed by atoms with Crippen molar-refractivity contribution < 1.29 is 0 Å². The van der Waals surface area contributed by atoms with Crippen molar-refractivity contribution in [3.05, 3.63) is 46.7 Å². The lowest BCUT2D eigenvalue weighted by atomic mass is 10.2. The largest absolute Gasteiger partial charge is 0.311 e. The molecular weight excluding hydrogens is 322 g/mol. The van der Waals surface area contributed by atoms with Gasteiger partial charge in [0.15, 0.2) is 0 Å². The molecule has 102 valence electrons. The summed E-state index contributed by atoms with van der Waals surface area (Å²) in [7, 11) is 2.00. The van der Waals surface area contributed by atoms with Gasteiger partial charge in [0, 0.05) is 17.2 Å². The maximum Gasteiger partial charge on any atom is 0.0704 e. The van der Waals surface area contributed by atoms with E-state index in [1.165, 1.54) is 10.6 Å². The third kappa shape index (κ3) is 3.61. The van der Waals surface area contributed by atoms with Crippen LogP contribution in [0.5, 0.6) is 0 Å². The van der Waals surface area contributed by atoms with Crippen LogP contribution < -0.4 is 5.32 Å². The van der Waals surface area contributed by atoms with Crippen molar-refractivity contribution in [1.82, 2.24) is 15.1 Å². The van der Waals surface area contributed by atoms with E-state index in [2.05, 4.69) is 57.5 Å². The first kappa shape index (κ1) is 14.6. The van der Waals surface area contributed by atoms with E-state index in [1.807, 2.05) is 35.8 Å². The standard InChI is InChI=1S/C14H18BrN3S/c1-3-18-14(12(15)9-17-18)13(16-2)10-19-11-7-5-4-6-8-11/h4-9,13,16H,3,10H2,1-2H3. The van der Waals surface area contributed by atoms with E-state index < -0.39 is 0 Å². The molecular formula is C14H18BrN3S. The molecule has 0 radical (unpaired) electrons. The fraction of sp³-hybridized carbons (Fsp3) is 0.357. The molecule has 1 unspecified atom stereocenters. The highest BCUT2D eigenvalue weighted by molar-refractivity contribution is 9.10. The van der Waals surface area contributed by atoms with Crippen molar-refractivity contribution >= 4 is 27.7 Å². The second-order valence-corrected chi connectivity index (χ2v) is 6.11. The first-order valence-electron chi connectivity index (χ1n) is 6.32. The minimum atomic E-state index is 0.280. The fourth-order valence-electron chi connectivity index (χ4n) is 1.97. The zero-order valence-corrected chi connectivity index (χ0v) is 13.5. The Morgan fingerprint density at radius 3 is 2.74 bits per heavy atom. The van der Waals surface area contributed by atoms with E-state index in [-0.39, 0.29) is 6.04 Å². The number of rotatable bonds is 6. The molecule has 1 N–H and O–H groups in total. The van der Waals surface area contributed by atoms with Gasteiger partial charge in [-0.1, -0.05) is 18.2 Å². The predicted molar refractivity (Wildman–Crippen MR) is 84.6 cm³/mol. The van der Waals surface area contributed by atoms with Crippen LogP contribution in [0.4, 0.5) is 0 Å². The van der Waals surface area contributed by atoms with Crippen LogP contribution in [0.25, 0.3) is 0 Å². The number of hydrogen-bond donors (Lipinski definition) is 1. The third-order valence-corrected chi connectivity index (χ3v) is 4.69. The van der Waals surface area contributed by atoms with Crippen LogP contribution >= 0.6 is 27.7 Å². The maximum absolute atomic E-state index is 4.38. The molecule has 0 aliphatic heterocycles. The molecule has 1 atom stereocenters. The summed E-state index contributed by atoms with van der Waals surface area (Å²) in [5, 5.41) is 7.76. The highest BCUT2D eigenvalue weighted by Crippen LogP contribution is 2.28. The van der Waals surface area contributed by atoms with E-state index >= 15 is 0 Å². The molecule has 0 bridgehead atoms. The van der Waals surface area contributed by atoms with Gasteiger partial charge in [-0.15, -0.1) is 11.8 Å². The topological polar surface area (TPSA) is 29.9 Å². The van der Waals surface area contributed by atoms with Gasteiger partial charge in [-0.05, 0) is 42.0 Å². The number of nitrogens with zero attached hydrogens (tertiary/aromatic N) is 2. The Balaban J connectivity index is 2.10. The van der Waals surface area contributed by atoms with Gasteiger partial charge in [-0.25, -0.2) is 0 Å². The fourth-order valence-corrected chi connectivity index (χ4v) is 3.57. The Morgan fingerprint density at radius 2 is 2.11 bits per heavy atom. The van der Waals surface area contributed by atoms with Gasteiger partial charge in [0.1, 0.15) is 0 Å². The van der Waals surface area contributed by atoms with Gasteiger partial charge < -0.3 is 5.32 Å². The minimum absolute atomic E-state index is 0.280. The summed E-state index contributed by atoms with van der Waals surface area (Å²) in [5.41, 5.74) is 1.22. The number of benzene rings is 1. The zero-order valence-electron chi connectivity index (χ0n) is 11.1. The molecule has 1 aromatic carbocycles. The van der Waals surface area contributed by atoms with E-state index in [0.29, 0.717) is 0 Å². The van der Waals surface area contributed by atoms with Gasteiger partial charge in [0.05, 0.1) is 22.4 Å². The molecule has 2 rings (SSSR count). The molecule has 1 heterocycles. The first-order chi connectivity index (χ1) is 9.26. The second kappa shape index (κ2) is 7.12. The van der Waals surface area contributed by atoms with Crippen LogP contribution in [0.1, 0.15) is 18.7 Å². The van der Waals surface area contributed by atoms with Gasteiger partial charge in [-0.3, -0.25) is 4.68 Å². The Kier molecular flexibility index (Phi) is 5.48. The lowest BCUT2D eigenvalue weighted by Gasteiger charge is -2.18. The average molecular weight is 340 g/mol. The van der Waals surface area contributed by atoms with E-state index in [1.54, 1.807) is 0 Å². The molecule has 0 fully saturated rings. The monoisotopic (exact) mass is 339 g/mol. The SMILES string of the molecule is CCn1ncc(Br)c1C(CSc1ccccc1)NC. The summed E-state index contributed by atoms with van der Waals surface area (Å²) >= 11 is 5.45. The summed E-state index contributed by atoms with van der Waals surface area (Å²) in [6.45, 7) is 3.00. The summed E-state index contributed by atoms with van der Waals surface area (Å²) in [6.07, 6.45) is 1.87. The summed E-state index contributed by atoms with van der Waals surface area (Å²) in [5.74, 6) is 0.977. The number of aromatic nitrogens is 2. The molecule has 2 aromatic rings. The lowest BCUT2D eigenvalue weighted by molar-refractivity contribution is 0.547. The molecule has 1 aromatic heterocycles. The average Bonchev–Trinajstić information content (AvgIpc) is 2.82. The van der Waals surface area contributed by atoms with E-state index in [9.17, 15) is 0 Å². The molecule has 0 saturated heterocycles. The summed E-state index contributed by atoms with van der Waals surface area (Å²) in [6, 6.07) is 10.8. The van der Waals surface area contributed by atoms with Gasteiger partial charge in [-0.2, -0.15) is 5.10 Å². The Labute approximate surface area is 126 Å². The molecule has 0 amide bonds. The van der Waals surface area contributed by atoms with Crippen LogP contribution in [-0.4, -0.2) is 22.6 Å². The van der Waals surface area contributed by atoms with E-state index in [4.69, 9.17) is 0 Å². The first-order valence-corrected chi connectivity index (χ1v) is 8.10. The van der Waals surface area contributed by atoms with Crippen LogP contribution in [0, 0.1) is 0 Å². The van der Waals surface area contributed by atoms with E-state index in [0.717, 1.165) is 16.8 Å². The van der Waals surface area contributed by atoms with Crippen molar-refractivity contribution in [3.63, 3.8) is 0 Å². The molecule has 3 nitrogen and oxygen atoms in total. The van der Waals surface area contributed by atoms with Crippen LogP contribution in [0.15, 0.2) is 45.9 Å². The minimum Gasteiger partial charge on any atom is -0.311 e. The number of thioether (sulfide) groups is 1. The third-order valence-electron chi connectivity index (χ3n) is 2.97. The zero-order chi connectivity index (χ0) is 13.7. The highest BCUT2D eigenvalue weighted by Gasteiger charge is 2.18.